The lowest BCUT2D eigenvalue weighted by Crippen LogP contribution is -2.09. The first-order valence-corrected chi connectivity index (χ1v) is 5.23. The van der Waals surface area contributed by atoms with E-state index in [2.05, 4.69) is 4.98 Å². The summed E-state index contributed by atoms with van der Waals surface area (Å²) < 4.78 is 18.9. The van der Waals surface area contributed by atoms with E-state index in [-0.39, 0.29) is 12.2 Å². The third-order valence-electron chi connectivity index (χ3n) is 2.30. The van der Waals surface area contributed by atoms with Crippen molar-refractivity contribution in [2.24, 2.45) is 0 Å². The molecule has 0 fully saturated rings. The summed E-state index contributed by atoms with van der Waals surface area (Å²) >= 11 is 0. The molecule has 0 aliphatic rings. The second kappa shape index (κ2) is 5.32. The van der Waals surface area contributed by atoms with Crippen LogP contribution >= 0.6 is 0 Å². The van der Waals surface area contributed by atoms with Crippen molar-refractivity contribution in [3.8, 4) is 11.9 Å². The molecule has 0 amide bonds. The lowest BCUT2D eigenvalue weighted by Gasteiger charge is -2.07. The van der Waals surface area contributed by atoms with E-state index in [0.29, 0.717) is 17.0 Å². The Labute approximate surface area is 105 Å². The Hall–Kier alpha value is -2.35. The van der Waals surface area contributed by atoms with Crippen LogP contribution in [0.5, 0.6) is 5.88 Å². The lowest BCUT2D eigenvalue weighted by atomic mass is 10.0. The second-order valence-corrected chi connectivity index (χ2v) is 3.61. The van der Waals surface area contributed by atoms with Gasteiger partial charge in [-0.25, -0.2) is 9.37 Å². The van der Waals surface area contributed by atoms with Gasteiger partial charge in [0, 0.05) is 11.6 Å². The number of halogens is 1. The Balaban J connectivity index is 2.09. The van der Waals surface area contributed by atoms with Gasteiger partial charge in [-0.15, -0.1) is 0 Å². The van der Waals surface area contributed by atoms with E-state index in [4.69, 9.17) is 17.8 Å². The molecule has 1 aromatic carbocycles. The van der Waals surface area contributed by atoms with E-state index in [1.807, 2.05) is 6.07 Å². The number of hydrogen-bond donors (Lipinski definition) is 0. The van der Waals surface area contributed by atoms with Gasteiger partial charge in [-0.1, -0.05) is 18.2 Å². The van der Waals surface area contributed by atoms with Crippen LogP contribution in [-0.2, 0) is 6.61 Å². The molecule has 86 valence electrons. The summed E-state index contributed by atoms with van der Waals surface area (Å²) in [7, 11) is 5.49. The highest BCUT2D eigenvalue weighted by Gasteiger charge is 2.05. The van der Waals surface area contributed by atoms with Crippen molar-refractivity contribution in [2.75, 3.05) is 0 Å². The molecule has 0 bridgehead atoms. The first-order chi connectivity index (χ1) is 8.69. The van der Waals surface area contributed by atoms with Crippen molar-refractivity contribution in [1.82, 2.24) is 4.98 Å². The minimum absolute atomic E-state index is 0.0357. The van der Waals surface area contributed by atoms with Gasteiger partial charge >= 0.3 is 0 Å². The Kier molecular flexibility index (Phi) is 3.59. The van der Waals surface area contributed by atoms with E-state index < -0.39 is 5.82 Å². The van der Waals surface area contributed by atoms with Crippen molar-refractivity contribution in [3.63, 3.8) is 0 Å². The molecule has 1 aromatic heterocycles. The van der Waals surface area contributed by atoms with Gasteiger partial charge in [0.25, 0.3) is 0 Å². The fourth-order valence-electron chi connectivity index (χ4n) is 1.40. The smallest absolute Gasteiger partial charge is 0.212 e. The normalized spacial score (nSPS) is 9.78. The number of benzene rings is 1. The van der Waals surface area contributed by atoms with Crippen molar-refractivity contribution in [3.05, 3.63) is 53.3 Å². The number of nitrogens with zero attached hydrogens (tertiary/aromatic N) is 2. The van der Waals surface area contributed by atoms with Crippen LogP contribution in [0.2, 0.25) is 0 Å². The maximum Gasteiger partial charge on any atom is 0.212 e. The molecule has 2 rings (SSSR count). The number of hydrogen-bond acceptors (Lipinski definition) is 3. The molecule has 0 unspecified atom stereocenters. The summed E-state index contributed by atoms with van der Waals surface area (Å²) in [6.45, 7) is 0.0357. The van der Waals surface area contributed by atoms with Crippen molar-refractivity contribution in [2.45, 2.75) is 6.61 Å². The van der Waals surface area contributed by atoms with Crippen molar-refractivity contribution in [1.29, 1.82) is 5.26 Å². The van der Waals surface area contributed by atoms with Crippen molar-refractivity contribution < 1.29 is 9.13 Å². The Morgan fingerprint density at radius 2 is 2.17 bits per heavy atom. The predicted molar refractivity (Wildman–Crippen MR) is 65.1 cm³/mol. The maximum absolute atomic E-state index is 13.5. The molecule has 2 radical (unpaired) electrons. The van der Waals surface area contributed by atoms with E-state index in [1.165, 1.54) is 18.2 Å². The summed E-state index contributed by atoms with van der Waals surface area (Å²) in [6, 6.07) is 11.1. The Bertz CT molecular complexity index is 610. The van der Waals surface area contributed by atoms with Gasteiger partial charge in [-0.3, -0.25) is 0 Å². The van der Waals surface area contributed by atoms with Crippen LogP contribution in [0.4, 0.5) is 4.39 Å². The van der Waals surface area contributed by atoms with Crippen LogP contribution in [0, 0.1) is 17.1 Å². The third kappa shape index (κ3) is 2.86. The SMILES string of the molecule is [B]c1cccc(OCc2ccc(C#N)cc2F)n1. The number of ether oxygens (including phenoxy) is 1. The monoisotopic (exact) mass is 238 g/mol. The number of rotatable bonds is 3. The molecule has 2 aromatic rings. The molecule has 0 atom stereocenters. The summed E-state index contributed by atoms with van der Waals surface area (Å²) in [5, 5.41) is 8.62. The molecule has 3 nitrogen and oxygen atoms in total. The van der Waals surface area contributed by atoms with Gasteiger partial charge in [0.15, 0.2) is 0 Å². The van der Waals surface area contributed by atoms with E-state index in [0.717, 1.165) is 0 Å². The first-order valence-electron chi connectivity index (χ1n) is 5.23. The average Bonchev–Trinajstić information content (AvgIpc) is 2.37. The molecule has 0 spiro atoms. The highest BCUT2D eigenvalue weighted by Crippen LogP contribution is 2.12. The van der Waals surface area contributed by atoms with Gasteiger partial charge < -0.3 is 4.74 Å². The number of nitriles is 1. The molecule has 1 heterocycles. The standard InChI is InChI=1S/C13H8BFN2O/c14-12-2-1-3-13(17-12)18-8-10-5-4-9(7-16)6-11(10)15/h1-6H,8H2. The third-order valence-corrected chi connectivity index (χ3v) is 2.30. The quantitative estimate of drug-likeness (QED) is 0.760. The highest BCUT2D eigenvalue weighted by atomic mass is 19.1. The molecule has 0 saturated carbocycles. The van der Waals surface area contributed by atoms with Crippen LogP contribution in [0.25, 0.3) is 0 Å². The number of aromatic nitrogens is 1. The Morgan fingerprint density at radius 3 is 2.83 bits per heavy atom. The molecule has 18 heavy (non-hydrogen) atoms. The Morgan fingerprint density at radius 1 is 1.33 bits per heavy atom. The molecule has 0 aliphatic heterocycles. The minimum Gasteiger partial charge on any atom is -0.473 e. The first kappa shape index (κ1) is 12.1. The molecular formula is C13H8BFN2O. The molecule has 0 saturated heterocycles. The van der Waals surface area contributed by atoms with Gasteiger partial charge in [-0.2, -0.15) is 5.26 Å². The highest BCUT2D eigenvalue weighted by molar-refractivity contribution is 6.30. The zero-order valence-corrected chi connectivity index (χ0v) is 9.43. The number of pyridine rings is 1. The van der Waals surface area contributed by atoms with Crippen LogP contribution in [0.15, 0.2) is 36.4 Å². The zero-order chi connectivity index (χ0) is 13.0. The van der Waals surface area contributed by atoms with Crippen LogP contribution < -0.4 is 10.3 Å². The summed E-state index contributed by atoms with van der Waals surface area (Å²) in [5.74, 6) is -0.142. The molecule has 5 heteroatoms. The predicted octanol–water partition coefficient (Wildman–Crippen LogP) is 1.47. The summed E-state index contributed by atoms with van der Waals surface area (Å²) in [5.41, 5.74) is 0.976. The van der Waals surface area contributed by atoms with E-state index in [9.17, 15) is 4.39 Å². The van der Waals surface area contributed by atoms with Crippen LogP contribution in [0.3, 0.4) is 0 Å². The molecule has 0 N–H and O–H groups in total. The zero-order valence-electron chi connectivity index (χ0n) is 9.43. The average molecular weight is 238 g/mol. The van der Waals surface area contributed by atoms with E-state index >= 15 is 0 Å². The summed E-state index contributed by atoms with van der Waals surface area (Å²) in [4.78, 5) is 3.93. The van der Waals surface area contributed by atoms with Gasteiger partial charge in [0.05, 0.1) is 11.6 Å². The summed E-state index contributed by atoms with van der Waals surface area (Å²) in [6.07, 6.45) is 0. The van der Waals surface area contributed by atoms with Crippen LogP contribution in [0.1, 0.15) is 11.1 Å². The lowest BCUT2D eigenvalue weighted by molar-refractivity contribution is 0.289. The maximum atomic E-state index is 13.5. The topological polar surface area (TPSA) is 45.9 Å². The van der Waals surface area contributed by atoms with Gasteiger partial charge in [-0.05, 0) is 17.7 Å². The van der Waals surface area contributed by atoms with E-state index in [1.54, 1.807) is 18.2 Å². The molecule has 0 aliphatic carbocycles. The van der Waals surface area contributed by atoms with Gasteiger partial charge in [0.2, 0.25) is 5.88 Å². The minimum atomic E-state index is -0.474. The largest absolute Gasteiger partial charge is 0.473 e. The fraction of sp³-hybridized carbons (Fsp3) is 0.0769. The second-order valence-electron chi connectivity index (χ2n) is 3.61. The van der Waals surface area contributed by atoms with Crippen molar-refractivity contribution >= 4 is 13.4 Å². The molecular weight excluding hydrogens is 230 g/mol. The fourth-order valence-corrected chi connectivity index (χ4v) is 1.40. The van der Waals surface area contributed by atoms with Crippen LogP contribution in [-0.4, -0.2) is 12.8 Å². The van der Waals surface area contributed by atoms with Gasteiger partial charge in [0.1, 0.15) is 20.3 Å².